The van der Waals surface area contributed by atoms with Gasteiger partial charge in [0.2, 0.25) is 0 Å². The summed E-state index contributed by atoms with van der Waals surface area (Å²) < 4.78 is 21.0. The van der Waals surface area contributed by atoms with Crippen LogP contribution in [-0.4, -0.2) is 24.9 Å². The molecule has 6 heteroatoms. The van der Waals surface area contributed by atoms with Crippen LogP contribution in [0, 0.1) is 0 Å². The third-order valence-electron chi connectivity index (χ3n) is 10.9. The monoisotopic (exact) mass is 765 g/mol. The Morgan fingerprint density at radius 3 is 1.32 bits per heavy atom. The lowest BCUT2D eigenvalue weighted by Gasteiger charge is -2.38. The van der Waals surface area contributed by atoms with E-state index >= 15 is 0 Å². The fourth-order valence-electron chi connectivity index (χ4n) is 7.78. The van der Waals surface area contributed by atoms with E-state index < -0.39 is 17.7 Å². The van der Waals surface area contributed by atoms with Crippen molar-refractivity contribution in [2.75, 3.05) is 6.61 Å². The summed E-state index contributed by atoms with van der Waals surface area (Å²) >= 11 is 0. The van der Waals surface area contributed by atoms with Crippen LogP contribution in [0.15, 0.2) is 157 Å². The molecule has 0 radical (unpaired) electrons. The van der Waals surface area contributed by atoms with Crippen molar-refractivity contribution < 1.29 is 14.2 Å². The molecule has 57 heavy (non-hydrogen) atoms. The van der Waals surface area contributed by atoms with E-state index in [-0.39, 0.29) is 12.7 Å². The van der Waals surface area contributed by atoms with Crippen LogP contribution in [0.3, 0.4) is 0 Å². The Kier molecular flexibility index (Phi) is 19.4. The van der Waals surface area contributed by atoms with Crippen molar-refractivity contribution in [3.8, 4) is 0 Å². The van der Waals surface area contributed by atoms with E-state index in [2.05, 4.69) is 77.6 Å². The fourth-order valence-corrected chi connectivity index (χ4v) is 7.78. The predicted octanol–water partition coefficient (Wildman–Crippen LogP) is 13.9. The SMILES string of the molecule is CCCCCCCCCCCCCC[C@@H](OCc1ccccc1)[C@@H](OCc1ccccc1)[C@H](COC(c1ccccc1)(c1ccccc1)c1ccccc1)N=[N+]=[N-]. The Bertz CT molecular complexity index is 1710. The molecule has 6 nitrogen and oxygen atoms in total. The number of unbranched alkanes of at least 4 members (excludes halogenated alkanes) is 11. The molecule has 0 aliphatic heterocycles. The van der Waals surface area contributed by atoms with Gasteiger partial charge in [-0.15, -0.1) is 0 Å². The molecule has 5 aromatic rings. The highest BCUT2D eigenvalue weighted by Gasteiger charge is 2.40. The highest BCUT2D eigenvalue weighted by molar-refractivity contribution is 5.47. The highest BCUT2D eigenvalue weighted by Crippen LogP contribution is 2.41. The van der Waals surface area contributed by atoms with Crippen LogP contribution >= 0.6 is 0 Å². The number of benzene rings is 5. The molecule has 0 aromatic heterocycles. The third-order valence-corrected chi connectivity index (χ3v) is 10.9. The molecule has 5 rings (SSSR count). The molecule has 0 aliphatic carbocycles. The van der Waals surface area contributed by atoms with Crippen LogP contribution in [0.2, 0.25) is 0 Å². The highest BCUT2D eigenvalue weighted by atomic mass is 16.5. The van der Waals surface area contributed by atoms with Gasteiger partial charge in [0.05, 0.1) is 38.1 Å². The Hall–Kier alpha value is -4.71. The van der Waals surface area contributed by atoms with Crippen LogP contribution in [0.25, 0.3) is 10.4 Å². The van der Waals surface area contributed by atoms with Crippen LogP contribution in [0.4, 0.5) is 0 Å². The smallest absolute Gasteiger partial charge is 0.143 e. The minimum Gasteiger partial charge on any atom is -0.371 e. The molecule has 3 atom stereocenters. The number of hydrogen-bond acceptors (Lipinski definition) is 4. The molecule has 5 aromatic carbocycles. The lowest BCUT2D eigenvalue weighted by molar-refractivity contribution is -0.114. The van der Waals surface area contributed by atoms with Crippen molar-refractivity contribution in [1.29, 1.82) is 0 Å². The second-order valence-corrected chi connectivity index (χ2v) is 15.1. The van der Waals surface area contributed by atoms with Gasteiger partial charge in [-0.25, -0.2) is 0 Å². The van der Waals surface area contributed by atoms with E-state index in [9.17, 15) is 5.53 Å². The predicted molar refractivity (Wildman–Crippen MR) is 234 cm³/mol. The van der Waals surface area contributed by atoms with Gasteiger partial charge in [0, 0.05) is 4.91 Å². The standard InChI is InChI=1S/C51H63N3O3/c1-2-3-4-5-6-7-8-9-10-11-12-28-39-49(55-40-43-29-18-13-19-30-43)50(56-41-44-31-20-14-21-32-44)48(53-54-52)42-57-51(45-33-22-15-23-34-45,46-35-24-16-25-36-46)47-37-26-17-27-38-47/h13-27,29-38,48-50H,2-12,28,39-42H2,1H3/t48-,49+,50-/m0/s1. The molecular weight excluding hydrogens is 703 g/mol. The number of azide groups is 1. The first-order chi connectivity index (χ1) is 28.2. The summed E-state index contributed by atoms with van der Waals surface area (Å²) in [5.74, 6) is 0. The van der Waals surface area contributed by atoms with Gasteiger partial charge in [-0.3, -0.25) is 0 Å². The molecule has 0 unspecified atom stereocenters. The van der Waals surface area contributed by atoms with Gasteiger partial charge in [-0.05, 0) is 39.8 Å². The van der Waals surface area contributed by atoms with E-state index in [1.807, 2.05) is 91.0 Å². The van der Waals surface area contributed by atoms with Gasteiger partial charge in [0.15, 0.2) is 0 Å². The van der Waals surface area contributed by atoms with Crippen molar-refractivity contribution in [2.24, 2.45) is 5.11 Å². The van der Waals surface area contributed by atoms with Gasteiger partial charge in [-0.1, -0.05) is 241 Å². The summed E-state index contributed by atoms with van der Waals surface area (Å²) in [6.45, 7) is 3.17. The summed E-state index contributed by atoms with van der Waals surface area (Å²) in [5, 5.41) is 4.46. The fraction of sp³-hybridized carbons (Fsp3) is 0.412. The third kappa shape index (κ3) is 14.0. The zero-order valence-corrected chi connectivity index (χ0v) is 34.0. The van der Waals surface area contributed by atoms with Crippen LogP contribution < -0.4 is 0 Å². The van der Waals surface area contributed by atoms with Gasteiger partial charge < -0.3 is 14.2 Å². The molecule has 0 fully saturated rings. The van der Waals surface area contributed by atoms with E-state index in [1.54, 1.807) is 0 Å². The number of nitrogens with zero attached hydrogens (tertiary/aromatic N) is 3. The van der Waals surface area contributed by atoms with E-state index in [0.717, 1.165) is 47.1 Å². The van der Waals surface area contributed by atoms with Crippen LogP contribution in [0.1, 0.15) is 118 Å². The first kappa shape index (κ1) is 43.4. The Labute approximate surface area is 342 Å². The minimum atomic E-state index is -0.979. The second kappa shape index (κ2) is 25.5. The van der Waals surface area contributed by atoms with E-state index in [1.165, 1.54) is 64.2 Å². The van der Waals surface area contributed by atoms with E-state index in [4.69, 9.17) is 14.2 Å². The number of ether oxygens (including phenoxy) is 3. The normalized spacial score (nSPS) is 13.1. The summed E-state index contributed by atoms with van der Waals surface area (Å²) in [6.07, 6.45) is 15.2. The average molecular weight is 766 g/mol. The molecule has 0 heterocycles. The lowest BCUT2D eigenvalue weighted by Crippen LogP contribution is -2.45. The summed E-state index contributed by atoms with van der Waals surface area (Å²) in [6, 6.07) is 50.7. The molecule has 0 spiro atoms. The van der Waals surface area contributed by atoms with Crippen molar-refractivity contribution >= 4 is 0 Å². The van der Waals surface area contributed by atoms with Crippen molar-refractivity contribution in [1.82, 2.24) is 0 Å². The van der Waals surface area contributed by atoms with Gasteiger partial charge >= 0.3 is 0 Å². The Balaban J connectivity index is 1.40. The Morgan fingerprint density at radius 1 is 0.509 bits per heavy atom. The maximum atomic E-state index is 10.1. The molecule has 0 aliphatic rings. The van der Waals surface area contributed by atoms with Gasteiger partial charge in [-0.2, -0.15) is 0 Å². The number of hydrogen-bond donors (Lipinski definition) is 0. The zero-order valence-electron chi connectivity index (χ0n) is 34.0. The molecule has 0 saturated heterocycles. The van der Waals surface area contributed by atoms with Gasteiger partial charge in [0.1, 0.15) is 5.60 Å². The largest absolute Gasteiger partial charge is 0.371 e. The molecule has 0 bridgehead atoms. The minimum absolute atomic E-state index is 0.103. The first-order valence-electron chi connectivity index (χ1n) is 21.4. The summed E-state index contributed by atoms with van der Waals surface area (Å²) in [7, 11) is 0. The van der Waals surface area contributed by atoms with Crippen LogP contribution in [-0.2, 0) is 33.0 Å². The van der Waals surface area contributed by atoms with E-state index in [0.29, 0.717) is 13.2 Å². The second-order valence-electron chi connectivity index (χ2n) is 15.1. The molecule has 0 N–H and O–H groups in total. The maximum absolute atomic E-state index is 10.1. The van der Waals surface area contributed by atoms with Crippen LogP contribution in [0.5, 0.6) is 0 Å². The molecular formula is C51H63N3O3. The average Bonchev–Trinajstić information content (AvgIpc) is 3.27. The topological polar surface area (TPSA) is 76.5 Å². The first-order valence-corrected chi connectivity index (χ1v) is 21.4. The molecule has 0 amide bonds. The number of rotatable bonds is 28. The quantitative estimate of drug-likeness (QED) is 0.0167. The van der Waals surface area contributed by atoms with Crippen molar-refractivity contribution in [3.05, 3.63) is 190 Å². The molecule has 0 saturated carbocycles. The maximum Gasteiger partial charge on any atom is 0.143 e. The van der Waals surface area contributed by atoms with Crippen molar-refractivity contribution in [3.63, 3.8) is 0 Å². The Morgan fingerprint density at radius 2 is 0.895 bits per heavy atom. The summed E-state index contributed by atoms with van der Waals surface area (Å²) in [5.41, 5.74) is 14.2. The summed E-state index contributed by atoms with van der Waals surface area (Å²) in [4.78, 5) is 3.41. The zero-order chi connectivity index (χ0) is 39.6. The van der Waals surface area contributed by atoms with Crippen molar-refractivity contribution in [2.45, 2.75) is 127 Å². The van der Waals surface area contributed by atoms with Gasteiger partial charge in [0.25, 0.3) is 0 Å². The molecule has 300 valence electrons. The lowest BCUT2D eigenvalue weighted by atomic mass is 9.80.